The van der Waals surface area contributed by atoms with Crippen LogP contribution in [-0.4, -0.2) is 36.6 Å². The number of hydrogen-bond acceptors (Lipinski definition) is 4. The zero-order valence-corrected chi connectivity index (χ0v) is 4.91. The predicted octanol–water partition coefficient (Wildman–Crippen LogP) is -0.949. The predicted molar refractivity (Wildman–Crippen MR) is 32.0 cm³/mol. The lowest BCUT2D eigenvalue weighted by atomic mass is 10.8. The van der Waals surface area contributed by atoms with Crippen LogP contribution in [0.2, 0.25) is 0 Å². The largest absolute Gasteiger partial charge is 0.329 e. The molecule has 0 aromatic heterocycles. The van der Waals surface area contributed by atoms with E-state index in [1.807, 2.05) is 17.0 Å². The average molecular weight is 114 g/mol. The van der Waals surface area contributed by atoms with Crippen LogP contribution in [0, 0.1) is 0 Å². The first-order valence-electron chi connectivity index (χ1n) is 2.52. The summed E-state index contributed by atoms with van der Waals surface area (Å²) in [7, 11) is 1.91. The monoisotopic (exact) mass is 114 g/mol. The third kappa shape index (κ3) is 0.894. The van der Waals surface area contributed by atoms with Crippen molar-refractivity contribution in [3.8, 4) is 0 Å². The highest BCUT2D eigenvalue weighted by atomic mass is 15.6. The lowest BCUT2D eigenvalue weighted by Gasteiger charge is -2.11. The number of rotatable bonds is 1. The van der Waals surface area contributed by atoms with E-state index in [1.54, 1.807) is 6.34 Å². The summed E-state index contributed by atoms with van der Waals surface area (Å²) in [6, 6.07) is 0. The molecule has 0 unspecified atom stereocenters. The summed E-state index contributed by atoms with van der Waals surface area (Å²) < 4.78 is 0. The Kier molecular flexibility index (Phi) is 1.34. The standard InChI is InChI=1S/C4H10N4/c1-7-4-8(2-5)3-6-7/h3H,2,4-5H2,1H3. The van der Waals surface area contributed by atoms with Gasteiger partial charge in [0, 0.05) is 7.05 Å². The Hall–Kier alpha value is -0.770. The van der Waals surface area contributed by atoms with Crippen LogP contribution in [0.15, 0.2) is 5.10 Å². The number of nitrogens with zero attached hydrogens (tertiary/aromatic N) is 3. The van der Waals surface area contributed by atoms with E-state index in [0.717, 1.165) is 6.67 Å². The lowest BCUT2D eigenvalue weighted by Crippen LogP contribution is -2.29. The van der Waals surface area contributed by atoms with Crippen molar-refractivity contribution < 1.29 is 0 Å². The van der Waals surface area contributed by atoms with E-state index >= 15 is 0 Å². The molecule has 0 bridgehead atoms. The van der Waals surface area contributed by atoms with E-state index in [9.17, 15) is 0 Å². The van der Waals surface area contributed by atoms with E-state index in [0.29, 0.717) is 6.67 Å². The average Bonchev–Trinajstić information content (AvgIpc) is 2.14. The zero-order chi connectivity index (χ0) is 5.98. The molecule has 0 spiro atoms. The van der Waals surface area contributed by atoms with Crippen LogP contribution in [0.1, 0.15) is 0 Å². The lowest BCUT2D eigenvalue weighted by molar-refractivity contribution is 0.282. The van der Waals surface area contributed by atoms with Gasteiger partial charge in [-0.3, -0.25) is 5.01 Å². The van der Waals surface area contributed by atoms with Crippen molar-refractivity contribution in [1.82, 2.24) is 9.91 Å². The molecule has 0 saturated carbocycles. The molecule has 1 aliphatic rings. The van der Waals surface area contributed by atoms with Gasteiger partial charge >= 0.3 is 0 Å². The Morgan fingerprint density at radius 3 is 2.88 bits per heavy atom. The SMILES string of the molecule is CN1CN(CN)C=N1. The normalized spacial score (nSPS) is 18.2. The summed E-state index contributed by atoms with van der Waals surface area (Å²) in [6.07, 6.45) is 1.74. The van der Waals surface area contributed by atoms with Gasteiger partial charge < -0.3 is 10.6 Å². The van der Waals surface area contributed by atoms with Crippen molar-refractivity contribution in [1.29, 1.82) is 0 Å². The van der Waals surface area contributed by atoms with Crippen molar-refractivity contribution >= 4 is 6.34 Å². The van der Waals surface area contributed by atoms with Gasteiger partial charge in [0.2, 0.25) is 0 Å². The second-order valence-corrected chi connectivity index (χ2v) is 1.80. The van der Waals surface area contributed by atoms with Gasteiger partial charge in [-0.2, -0.15) is 5.10 Å². The highest BCUT2D eigenvalue weighted by Gasteiger charge is 2.05. The molecule has 4 nitrogen and oxygen atoms in total. The fourth-order valence-corrected chi connectivity index (χ4v) is 0.602. The van der Waals surface area contributed by atoms with Crippen LogP contribution in [0.4, 0.5) is 0 Å². The summed E-state index contributed by atoms with van der Waals surface area (Å²) in [5.41, 5.74) is 5.30. The summed E-state index contributed by atoms with van der Waals surface area (Å²) >= 11 is 0. The molecule has 0 radical (unpaired) electrons. The Morgan fingerprint density at radius 2 is 2.62 bits per heavy atom. The second-order valence-electron chi connectivity index (χ2n) is 1.80. The van der Waals surface area contributed by atoms with E-state index in [2.05, 4.69) is 5.10 Å². The zero-order valence-electron chi connectivity index (χ0n) is 4.91. The number of hydrazone groups is 1. The van der Waals surface area contributed by atoms with Gasteiger partial charge in [-0.1, -0.05) is 0 Å². The molecule has 0 amide bonds. The molecular weight excluding hydrogens is 104 g/mol. The molecule has 0 atom stereocenters. The maximum atomic E-state index is 5.30. The van der Waals surface area contributed by atoms with E-state index < -0.39 is 0 Å². The molecule has 0 aromatic rings. The summed E-state index contributed by atoms with van der Waals surface area (Å²) in [6.45, 7) is 1.37. The van der Waals surface area contributed by atoms with Crippen LogP contribution in [-0.2, 0) is 0 Å². The third-order valence-corrected chi connectivity index (χ3v) is 1.03. The van der Waals surface area contributed by atoms with Gasteiger partial charge in [0.1, 0.15) is 13.0 Å². The number of nitrogens with two attached hydrogens (primary N) is 1. The Bertz CT molecular complexity index is 100. The molecule has 2 N–H and O–H groups in total. The molecule has 1 rings (SSSR count). The van der Waals surface area contributed by atoms with Crippen molar-refractivity contribution in [3.63, 3.8) is 0 Å². The maximum Gasteiger partial charge on any atom is 0.114 e. The van der Waals surface area contributed by atoms with Crippen molar-refractivity contribution in [2.24, 2.45) is 10.8 Å². The van der Waals surface area contributed by atoms with Crippen molar-refractivity contribution in [3.05, 3.63) is 0 Å². The van der Waals surface area contributed by atoms with Crippen LogP contribution in [0.25, 0.3) is 0 Å². The Morgan fingerprint density at radius 1 is 1.88 bits per heavy atom. The Balaban J connectivity index is 2.34. The molecule has 0 aromatic carbocycles. The van der Waals surface area contributed by atoms with Gasteiger partial charge in [0.25, 0.3) is 0 Å². The quantitative estimate of drug-likeness (QED) is 0.478. The van der Waals surface area contributed by atoms with Gasteiger partial charge in [0.15, 0.2) is 0 Å². The summed E-state index contributed by atoms with van der Waals surface area (Å²) in [5, 5.41) is 5.77. The first-order valence-corrected chi connectivity index (χ1v) is 2.52. The topological polar surface area (TPSA) is 44.9 Å². The van der Waals surface area contributed by atoms with E-state index in [-0.39, 0.29) is 0 Å². The molecule has 46 valence electrons. The third-order valence-electron chi connectivity index (χ3n) is 1.03. The van der Waals surface area contributed by atoms with Crippen LogP contribution < -0.4 is 5.73 Å². The van der Waals surface area contributed by atoms with Gasteiger partial charge in [-0.15, -0.1) is 0 Å². The summed E-state index contributed by atoms with van der Waals surface area (Å²) in [5.74, 6) is 0. The molecule has 0 aliphatic carbocycles. The first-order chi connectivity index (χ1) is 3.83. The van der Waals surface area contributed by atoms with Crippen molar-refractivity contribution in [2.45, 2.75) is 0 Å². The molecule has 0 fully saturated rings. The molecule has 1 heterocycles. The van der Waals surface area contributed by atoms with Gasteiger partial charge in [-0.05, 0) is 0 Å². The fourth-order valence-electron chi connectivity index (χ4n) is 0.602. The van der Waals surface area contributed by atoms with Crippen LogP contribution >= 0.6 is 0 Å². The van der Waals surface area contributed by atoms with Gasteiger partial charge in [-0.25, -0.2) is 0 Å². The number of hydrogen-bond donors (Lipinski definition) is 1. The molecular formula is C4H10N4. The minimum absolute atomic E-state index is 0.549. The van der Waals surface area contributed by atoms with Crippen LogP contribution in [0.5, 0.6) is 0 Å². The van der Waals surface area contributed by atoms with E-state index in [4.69, 9.17) is 5.73 Å². The minimum atomic E-state index is 0.549. The second kappa shape index (κ2) is 2.00. The van der Waals surface area contributed by atoms with E-state index in [1.165, 1.54) is 0 Å². The maximum absolute atomic E-state index is 5.30. The smallest absolute Gasteiger partial charge is 0.114 e. The molecule has 8 heavy (non-hydrogen) atoms. The molecule has 4 heteroatoms. The fraction of sp³-hybridized carbons (Fsp3) is 0.750. The Labute approximate surface area is 48.6 Å². The van der Waals surface area contributed by atoms with Crippen molar-refractivity contribution in [2.75, 3.05) is 20.4 Å². The summed E-state index contributed by atoms with van der Waals surface area (Å²) in [4.78, 5) is 1.92. The molecule has 1 aliphatic heterocycles. The minimum Gasteiger partial charge on any atom is -0.329 e. The highest BCUT2D eigenvalue weighted by molar-refractivity contribution is 5.55. The highest BCUT2D eigenvalue weighted by Crippen LogP contribution is 1.93. The van der Waals surface area contributed by atoms with Gasteiger partial charge in [0.05, 0.1) is 6.67 Å². The first kappa shape index (κ1) is 5.37. The molecule has 0 saturated heterocycles. The van der Waals surface area contributed by atoms with Crippen LogP contribution in [0.3, 0.4) is 0 Å².